The Balaban J connectivity index is 1.97. The molecule has 1 atom stereocenters. The molecule has 2 saturated carbocycles. The first-order valence-corrected chi connectivity index (χ1v) is 12.3. The van der Waals surface area contributed by atoms with E-state index >= 15 is 0 Å². The zero-order valence-electron chi connectivity index (χ0n) is 17.4. The van der Waals surface area contributed by atoms with Gasteiger partial charge in [-0.2, -0.15) is 4.72 Å². The highest BCUT2D eigenvalue weighted by atomic mass is 32.2. The van der Waals surface area contributed by atoms with Crippen molar-refractivity contribution in [1.82, 2.24) is 10.2 Å². The van der Waals surface area contributed by atoms with Gasteiger partial charge in [0.25, 0.3) is 5.91 Å². The second-order valence-corrected chi connectivity index (χ2v) is 10.2. The third-order valence-electron chi connectivity index (χ3n) is 6.61. The summed E-state index contributed by atoms with van der Waals surface area (Å²) in [6.45, 7) is 0. The Labute approximate surface area is 182 Å². The van der Waals surface area contributed by atoms with E-state index in [1.165, 1.54) is 29.8 Å². The lowest BCUT2D eigenvalue weighted by Gasteiger charge is -2.43. The molecule has 170 valence electrons. The first kappa shape index (κ1) is 23.4. The normalized spacial score (nSPS) is 20.5. The highest BCUT2D eigenvalue weighted by Gasteiger charge is 2.54. The molecule has 2 fully saturated rings. The first-order chi connectivity index (χ1) is 14.8. The van der Waals surface area contributed by atoms with Crippen LogP contribution in [0.25, 0.3) is 6.08 Å². The lowest BCUT2D eigenvalue weighted by molar-refractivity contribution is -0.150. The minimum absolute atomic E-state index is 0.0570. The predicted molar refractivity (Wildman–Crippen MR) is 115 cm³/mol. The summed E-state index contributed by atoms with van der Waals surface area (Å²) in [5, 5.41) is 19.0. The van der Waals surface area contributed by atoms with E-state index in [1.807, 2.05) is 0 Å². The summed E-state index contributed by atoms with van der Waals surface area (Å²) in [4.78, 5) is 23.8. The second kappa shape index (κ2) is 9.93. The molecular weight excluding hydrogens is 420 g/mol. The van der Waals surface area contributed by atoms with E-state index in [1.54, 1.807) is 6.07 Å². The molecule has 0 radical (unpaired) electrons. The average Bonchev–Trinajstić information content (AvgIpc) is 3.31. The quantitative estimate of drug-likeness (QED) is 0.273. The summed E-state index contributed by atoms with van der Waals surface area (Å²) in [5.74, 6) is -2.31. The zero-order chi connectivity index (χ0) is 22.5. The minimum atomic E-state index is -4.13. The second-order valence-electron chi connectivity index (χ2n) is 8.48. The fourth-order valence-corrected chi connectivity index (χ4v) is 6.64. The van der Waals surface area contributed by atoms with Gasteiger partial charge in [0, 0.05) is 6.08 Å². The van der Waals surface area contributed by atoms with E-state index in [9.17, 15) is 23.1 Å². The molecule has 1 amide bonds. The Bertz CT molecular complexity index is 933. The summed E-state index contributed by atoms with van der Waals surface area (Å²) < 4.78 is 29.4. The standard InChI is InChI=1S/C22H30N2O6S/c25-20(23-28)14-13-16-7-6-12-19(15-16)31(29,30)24-22(21(26)27,18-10-4-5-11-18)17-8-2-1-3-9-17/h6-7,12-15,17-18,24,28H,1-5,8-11H2,(H,23,25)(H,26,27)/b14-13+/t22-/m1/s1. The smallest absolute Gasteiger partial charge is 0.325 e. The van der Waals surface area contributed by atoms with Crippen molar-refractivity contribution >= 4 is 28.0 Å². The number of benzene rings is 1. The number of rotatable bonds is 8. The van der Waals surface area contributed by atoms with Gasteiger partial charge < -0.3 is 5.11 Å². The molecule has 3 rings (SSSR count). The van der Waals surface area contributed by atoms with Crippen LogP contribution in [0.15, 0.2) is 35.2 Å². The number of carboxylic acid groups (broad SMARTS) is 1. The Morgan fingerprint density at radius 2 is 1.58 bits per heavy atom. The van der Waals surface area contributed by atoms with Crippen LogP contribution in [-0.2, 0) is 19.6 Å². The molecule has 2 aliphatic rings. The molecule has 31 heavy (non-hydrogen) atoms. The van der Waals surface area contributed by atoms with Gasteiger partial charge in [0.15, 0.2) is 0 Å². The SMILES string of the molecule is O=C(/C=C/c1cccc(S(=O)(=O)N[C@](C(=O)O)(C2CCCCC2)C2CCCC2)c1)NO. The summed E-state index contributed by atoms with van der Waals surface area (Å²) in [7, 11) is -4.13. The molecule has 0 heterocycles. The average molecular weight is 451 g/mol. The van der Waals surface area contributed by atoms with E-state index in [0.29, 0.717) is 31.2 Å². The highest BCUT2D eigenvalue weighted by Crippen LogP contribution is 2.44. The Kier molecular flexibility index (Phi) is 7.51. The molecule has 0 unspecified atom stereocenters. The van der Waals surface area contributed by atoms with E-state index < -0.39 is 27.4 Å². The minimum Gasteiger partial charge on any atom is -0.480 e. The number of aliphatic carboxylic acids is 1. The van der Waals surface area contributed by atoms with Crippen molar-refractivity contribution < 1.29 is 28.3 Å². The van der Waals surface area contributed by atoms with Crippen LogP contribution in [-0.4, -0.2) is 36.1 Å². The molecular formula is C22H30N2O6S. The van der Waals surface area contributed by atoms with Crippen molar-refractivity contribution in [3.8, 4) is 0 Å². The molecule has 8 nitrogen and oxygen atoms in total. The number of sulfonamides is 1. The van der Waals surface area contributed by atoms with Gasteiger partial charge >= 0.3 is 5.97 Å². The van der Waals surface area contributed by atoms with Crippen molar-refractivity contribution in [2.75, 3.05) is 0 Å². The molecule has 2 aliphatic carbocycles. The molecule has 0 aromatic heterocycles. The molecule has 1 aromatic rings. The molecule has 0 saturated heterocycles. The van der Waals surface area contributed by atoms with Crippen LogP contribution in [0.3, 0.4) is 0 Å². The van der Waals surface area contributed by atoms with Crippen LogP contribution in [0.1, 0.15) is 63.4 Å². The van der Waals surface area contributed by atoms with Crippen molar-refractivity contribution in [2.45, 2.75) is 68.2 Å². The number of carbonyl (C=O) groups is 2. The van der Waals surface area contributed by atoms with E-state index in [0.717, 1.165) is 38.2 Å². The molecule has 0 spiro atoms. The summed E-state index contributed by atoms with van der Waals surface area (Å²) in [5.41, 5.74) is 0.390. The van der Waals surface area contributed by atoms with Gasteiger partial charge in [0.05, 0.1) is 4.90 Å². The highest BCUT2D eigenvalue weighted by molar-refractivity contribution is 7.89. The van der Waals surface area contributed by atoms with Crippen LogP contribution in [0, 0.1) is 11.8 Å². The topological polar surface area (TPSA) is 133 Å². The maximum Gasteiger partial charge on any atom is 0.325 e. The third kappa shape index (κ3) is 5.16. The van der Waals surface area contributed by atoms with E-state index in [4.69, 9.17) is 5.21 Å². The van der Waals surface area contributed by atoms with Crippen LogP contribution in [0.5, 0.6) is 0 Å². The van der Waals surface area contributed by atoms with Gasteiger partial charge in [0.2, 0.25) is 10.0 Å². The van der Waals surface area contributed by atoms with Crippen molar-refractivity contribution in [3.05, 3.63) is 35.9 Å². The fourth-order valence-electron chi connectivity index (χ4n) is 5.11. The largest absolute Gasteiger partial charge is 0.480 e. The Morgan fingerprint density at radius 1 is 1.00 bits per heavy atom. The van der Waals surface area contributed by atoms with Gasteiger partial charge in [-0.1, -0.05) is 44.2 Å². The summed E-state index contributed by atoms with van der Waals surface area (Å²) >= 11 is 0. The van der Waals surface area contributed by atoms with Crippen LogP contribution in [0.4, 0.5) is 0 Å². The summed E-state index contributed by atoms with van der Waals surface area (Å²) in [6, 6.07) is 5.94. The lowest BCUT2D eigenvalue weighted by atomic mass is 9.68. The fraction of sp³-hybridized carbons (Fsp3) is 0.545. The lowest BCUT2D eigenvalue weighted by Crippen LogP contribution is -2.63. The zero-order valence-corrected chi connectivity index (χ0v) is 18.2. The van der Waals surface area contributed by atoms with Gasteiger partial charge in [-0.3, -0.25) is 14.8 Å². The maximum atomic E-state index is 13.4. The molecule has 1 aromatic carbocycles. The van der Waals surface area contributed by atoms with Gasteiger partial charge in [-0.15, -0.1) is 0 Å². The molecule has 4 N–H and O–H groups in total. The number of hydroxylamine groups is 1. The number of hydrogen-bond donors (Lipinski definition) is 4. The number of carboxylic acids is 1. The first-order valence-electron chi connectivity index (χ1n) is 10.8. The van der Waals surface area contributed by atoms with Crippen molar-refractivity contribution in [3.63, 3.8) is 0 Å². The van der Waals surface area contributed by atoms with Gasteiger partial charge in [-0.05, 0) is 61.3 Å². The molecule has 0 bridgehead atoms. The van der Waals surface area contributed by atoms with Crippen LogP contribution in [0.2, 0.25) is 0 Å². The third-order valence-corrected chi connectivity index (χ3v) is 8.09. The number of carbonyl (C=O) groups excluding carboxylic acids is 1. The van der Waals surface area contributed by atoms with E-state index in [-0.39, 0.29) is 16.7 Å². The number of amides is 1. The maximum absolute atomic E-state index is 13.4. The van der Waals surface area contributed by atoms with Gasteiger partial charge in [-0.25, -0.2) is 13.9 Å². The van der Waals surface area contributed by atoms with Gasteiger partial charge in [0.1, 0.15) is 5.54 Å². The Hall–Kier alpha value is -2.23. The van der Waals surface area contributed by atoms with Crippen molar-refractivity contribution in [2.24, 2.45) is 11.8 Å². The predicted octanol–water partition coefficient (Wildman–Crippen LogP) is 3.08. The Morgan fingerprint density at radius 3 is 2.13 bits per heavy atom. The van der Waals surface area contributed by atoms with E-state index in [2.05, 4.69) is 4.72 Å². The molecule has 9 heteroatoms. The molecule has 0 aliphatic heterocycles. The monoisotopic (exact) mass is 450 g/mol. The number of nitrogens with one attached hydrogen (secondary N) is 2. The van der Waals surface area contributed by atoms with Crippen LogP contribution >= 0.6 is 0 Å². The van der Waals surface area contributed by atoms with Crippen LogP contribution < -0.4 is 10.2 Å². The van der Waals surface area contributed by atoms with Crippen molar-refractivity contribution in [1.29, 1.82) is 0 Å². The number of hydrogen-bond acceptors (Lipinski definition) is 5. The summed E-state index contributed by atoms with van der Waals surface area (Å²) in [6.07, 6.45) is 9.89.